The molecule has 0 saturated carbocycles. The summed E-state index contributed by atoms with van der Waals surface area (Å²) in [4.78, 5) is 12.1. The molecule has 4 aromatic rings. The summed E-state index contributed by atoms with van der Waals surface area (Å²) in [6, 6.07) is 19.5. The number of halogens is 1. The van der Waals surface area contributed by atoms with Crippen molar-refractivity contribution in [2.24, 2.45) is 0 Å². The Morgan fingerprint density at radius 3 is 2.67 bits per heavy atom. The van der Waals surface area contributed by atoms with Gasteiger partial charge in [-0.25, -0.2) is 4.39 Å². The Morgan fingerprint density at radius 2 is 1.81 bits per heavy atom. The molecule has 0 unspecified atom stereocenters. The lowest BCUT2D eigenvalue weighted by Gasteiger charge is -2.08. The van der Waals surface area contributed by atoms with Crippen LogP contribution in [0.2, 0.25) is 0 Å². The molecule has 1 amide bonds. The predicted molar refractivity (Wildman–Crippen MR) is 102 cm³/mol. The molecular weight excluding hydrogens is 365 g/mol. The molecule has 0 saturated heterocycles. The maximum absolute atomic E-state index is 12.9. The fourth-order valence-corrected chi connectivity index (χ4v) is 3.36. The first-order valence-corrected chi connectivity index (χ1v) is 9.14. The summed E-state index contributed by atoms with van der Waals surface area (Å²) < 4.78 is 14.6. The van der Waals surface area contributed by atoms with Crippen molar-refractivity contribution in [3.63, 3.8) is 0 Å². The Hall–Kier alpha value is -3.26. The SMILES string of the molecule is O=C(CSc1nnnn1-c1cccc2ccccc12)Nc1ccc(F)cc1. The first-order valence-electron chi connectivity index (χ1n) is 8.15. The van der Waals surface area contributed by atoms with Gasteiger partial charge in [0.1, 0.15) is 5.82 Å². The van der Waals surface area contributed by atoms with Crippen molar-refractivity contribution in [2.45, 2.75) is 5.16 Å². The van der Waals surface area contributed by atoms with Gasteiger partial charge in [0.2, 0.25) is 11.1 Å². The van der Waals surface area contributed by atoms with Gasteiger partial charge in [0, 0.05) is 11.1 Å². The largest absolute Gasteiger partial charge is 0.325 e. The molecule has 3 aromatic carbocycles. The third-order valence-corrected chi connectivity index (χ3v) is 4.82. The molecule has 0 aliphatic carbocycles. The fourth-order valence-electron chi connectivity index (χ4n) is 2.67. The second-order valence-corrected chi connectivity index (χ2v) is 6.66. The Labute approximate surface area is 158 Å². The zero-order valence-corrected chi connectivity index (χ0v) is 14.9. The van der Waals surface area contributed by atoms with E-state index in [1.54, 1.807) is 4.68 Å². The predicted octanol–water partition coefficient (Wildman–Crippen LogP) is 3.69. The fraction of sp³-hybridized carbons (Fsp3) is 0.0526. The third-order valence-electron chi connectivity index (χ3n) is 3.90. The molecule has 1 aromatic heterocycles. The van der Waals surface area contributed by atoms with E-state index in [9.17, 15) is 9.18 Å². The zero-order chi connectivity index (χ0) is 18.6. The van der Waals surface area contributed by atoms with Gasteiger partial charge in [-0.1, -0.05) is 48.2 Å². The minimum absolute atomic E-state index is 0.127. The van der Waals surface area contributed by atoms with Crippen molar-refractivity contribution >= 4 is 34.1 Å². The maximum atomic E-state index is 12.9. The lowest BCUT2D eigenvalue weighted by atomic mass is 10.1. The van der Waals surface area contributed by atoms with E-state index < -0.39 is 0 Å². The van der Waals surface area contributed by atoms with Crippen molar-refractivity contribution < 1.29 is 9.18 Å². The lowest BCUT2D eigenvalue weighted by Crippen LogP contribution is -2.14. The number of nitrogens with one attached hydrogen (secondary N) is 1. The minimum atomic E-state index is -0.350. The summed E-state index contributed by atoms with van der Waals surface area (Å²) in [6.45, 7) is 0. The van der Waals surface area contributed by atoms with Gasteiger partial charge in [0.25, 0.3) is 0 Å². The average Bonchev–Trinajstić information content (AvgIpc) is 3.16. The van der Waals surface area contributed by atoms with Gasteiger partial charge in [-0.3, -0.25) is 4.79 Å². The number of thioether (sulfide) groups is 1. The molecule has 0 aliphatic heterocycles. The number of rotatable bonds is 5. The molecular formula is C19H14FN5OS. The second kappa shape index (κ2) is 7.55. The van der Waals surface area contributed by atoms with Crippen molar-refractivity contribution in [3.8, 4) is 5.69 Å². The molecule has 27 heavy (non-hydrogen) atoms. The van der Waals surface area contributed by atoms with Crippen LogP contribution in [0.25, 0.3) is 16.5 Å². The van der Waals surface area contributed by atoms with Crippen molar-refractivity contribution in [2.75, 3.05) is 11.1 Å². The minimum Gasteiger partial charge on any atom is -0.325 e. The molecule has 1 heterocycles. The van der Waals surface area contributed by atoms with E-state index in [-0.39, 0.29) is 17.5 Å². The van der Waals surface area contributed by atoms with E-state index in [2.05, 4.69) is 20.8 Å². The molecule has 0 bridgehead atoms. The highest BCUT2D eigenvalue weighted by Crippen LogP contribution is 2.25. The number of fused-ring (bicyclic) bond motifs is 1. The summed E-state index contributed by atoms with van der Waals surface area (Å²) >= 11 is 1.23. The summed E-state index contributed by atoms with van der Waals surface area (Å²) in [7, 11) is 0. The molecule has 134 valence electrons. The number of amides is 1. The molecule has 0 radical (unpaired) electrons. The van der Waals surface area contributed by atoms with Crippen molar-refractivity contribution in [3.05, 3.63) is 72.5 Å². The Bertz CT molecular complexity index is 1090. The van der Waals surface area contributed by atoms with Crippen LogP contribution in [0.3, 0.4) is 0 Å². The van der Waals surface area contributed by atoms with Crippen molar-refractivity contribution in [1.82, 2.24) is 20.2 Å². The summed E-state index contributed by atoms with van der Waals surface area (Å²) in [5.41, 5.74) is 1.38. The second-order valence-electron chi connectivity index (χ2n) is 5.72. The number of hydrogen-bond donors (Lipinski definition) is 1. The average molecular weight is 379 g/mol. The highest BCUT2D eigenvalue weighted by atomic mass is 32.2. The van der Waals surface area contributed by atoms with E-state index in [1.165, 1.54) is 36.0 Å². The van der Waals surface area contributed by atoms with E-state index in [4.69, 9.17) is 0 Å². The van der Waals surface area contributed by atoms with E-state index in [0.717, 1.165) is 16.5 Å². The van der Waals surface area contributed by atoms with Crippen molar-refractivity contribution in [1.29, 1.82) is 0 Å². The Kier molecular flexibility index (Phi) is 4.80. The highest BCUT2D eigenvalue weighted by Gasteiger charge is 2.13. The molecule has 0 aliphatic rings. The van der Waals surface area contributed by atoms with Crippen LogP contribution in [-0.4, -0.2) is 31.9 Å². The number of carbonyl (C=O) groups excluding carboxylic acids is 1. The van der Waals surface area contributed by atoms with Gasteiger partial charge in [0.05, 0.1) is 11.4 Å². The normalized spacial score (nSPS) is 10.9. The quantitative estimate of drug-likeness (QED) is 0.536. The van der Waals surface area contributed by atoms with Crippen LogP contribution in [0.4, 0.5) is 10.1 Å². The standard InChI is InChI=1S/C19H14FN5OS/c20-14-8-10-15(11-9-14)21-18(26)12-27-19-22-23-24-25(19)17-7-3-5-13-4-1-2-6-16(13)17/h1-11H,12H2,(H,21,26). The van der Waals surface area contributed by atoms with Crippen LogP contribution in [0.15, 0.2) is 71.9 Å². The molecule has 8 heteroatoms. The third kappa shape index (κ3) is 3.80. The highest BCUT2D eigenvalue weighted by molar-refractivity contribution is 7.99. The van der Waals surface area contributed by atoms with Crippen LogP contribution >= 0.6 is 11.8 Å². The summed E-state index contributed by atoms with van der Waals surface area (Å²) in [6.07, 6.45) is 0. The van der Waals surface area contributed by atoms with E-state index in [1.807, 2.05) is 42.5 Å². The monoisotopic (exact) mass is 379 g/mol. The van der Waals surface area contributed by atoms with E-state index in [0.29, 0.717) is 10.8 Å². The first-order chi connectivity index (χ1) is 13.2. The molecule has 0 fully saturated rings. The number of nitrogens with zero attached hydrogens (tertiary/aromatic N) is 4. The number of carbonyl (C=O) groups is 1. The molecule has 0 spiro atoms. The molecule has 4 rings (SSSR count). The van der Waals surface area contributed by atoms with E-state index >= 15 is 0 Å². The summed E-state index contributed by atoms with van der Waals surface area (Å²) in [5.74, 6) is -0.446. The van der Waals surface area contributed by atoms with Crippen LogP contribution in [-0.2, 0) is 4.79 Å². The topological polar surface area (TPSA) is 72.7 Å². The van der Waals surface area contributed by atoms with Crippen LogP contribution in [0.5, 0.6) is 0 Å². The summed E-state index contributed by atoms with van der Waals surface area (Å²) in [5, 5.41) is 17.2. The zero-order valence-electron chi connectivity index (χ0n) is 14.0. The van der Waals surface area contributed by atoms with Gasteiger partial charge < -0.3 is 5.32 Å². The van der Waals surface area contributed by atoms with Gasteiger partial charge >= 0.3 is 0 Å². The van der Waals surface area contributed by atoms with Crippen LogP contribution < -0.4 is 5.32 Å². The van der Waals surface area contributed by atoms with Crippen LogP contribution in [0, 0.1) is 5.82 Å². The molecule has 1 N–H and O–H groups in total. The maximum Gasteiger partial charge on any atom is 0.234 e. The molecule has 6 nitrogen and oxygen atoms in total. The number of benzene rings is 3. The van der Waals surface area contributed by atoms with Gasteiger partial charge in [-0.15, -0.1) is 5.10 Å². The van der Waals surface area contributed by atoms with Gasteiger partial charge in [0.15, 0.2) is 0 Å². The van der Waals surface area contributed by atoms with Gasteiger partial charge in [-0.05, 0) is 46.1 Å². The molecule has 0 atom stereocenters. The van der Waals surface area contributed by atoms with Gasteiger partial charge in [-0.2, -0.15) is 4.68 Å². The number of anilines is 1. The van der Waals surface area contributed by atoms with Crippen LogP contribution in [0.1, 0.15) is 0 Å². The number of hydrogen-bond acceptors (Lipinski definition) is 5. The smallest absolute Gasteiger partial charge is 0.234 e. The number of aromatic nitrogens is 4. The Morgan fingerprint density at radius 1 is 1.04 bits per heavy atom. The number of tetrazole rings is 1. The lowest BCUT2D eigenvalue weighted by molar-refractivity contribution is -0.113. The first kappa shape index (κ1) is 17.2. The Balaban J connectivity index is 1.51.